The molecule has 0 aliphatic carbocycles. The normalized spacial score (nSPS) is 11.5. The standard InChI is InChI=1S/C16H16F3NO/c1-11-6-7-13(10-20-2)15(8-11)12-4-3-5-14(9-12)21-16(17,18)19/h3-9,20H,10H2,1-2H3. The van der Waals surface area contributed by atoms with Crippen LogP contribution in [0.3, 0.4) is 0 Å². The van der Waals surface area contributed by atoms with Gasteiger partial charge in [0, 0.05) is 6.54 Å². The van der Waals surface area contributed by atoms with E-state index in [9.17, 15) is 13.2 Å². The van der Waals surface area contributed by atoms with E-state index in [4.69, 9.17) is 0 Å². The molecule has 2 rings (SSSR count). The Morgan fingerprint density at radius 3 is 2.52 bits per heavy atom. The molecule has 0 amide bonds. The number of nitrogens with one attached hydrogen (secondary N) is 1. The fourth-order valence-electron chi connectivity index (χ4n) is 2.16. The van der Waals surface area contributed by atoms with Gasteiger partial charge in [0.05, 0.1) is 0 Å². The molecular weight excluding hydrogens is 279 g/mol. The van der Waals surface area contributed by atoms with Crippen LogP contribution < -0.4 is 10.1 Å². The molecule has 0 heterocycles. The Morgan fingerprint density at radius 1 is 1.10 bits per heavy atom. The van der Waals surface area contributed by atoms with Gasteiger partial charge in [-0.25, -0.2) is 0 Å². The zero-order valence-corrected chi connectivity index (χ0v) is 11.8. The van der Waals surface area contributed by atoms with Gasteiger partial charge in [0.1, 0.15) is 5.75 Å². The Hall–Kier alpha value is -2.01. The third-order valence-electron chi connectivity index (χ3n) is 3.01. The molecule has 0 aromatic heterocycles. The molecule has 0 aliphatic heterocycles. The quantitative estimate of drug-likeness (QED) is 0.909. The van der Waals surface area contributed by atoms with Crippen molar-refractivity contribution in [2.45, 2.75) is 19.8 Å². The van der Waals surface area contributed by atoms with Crippen molar-refractivity contribution in [3.63, 3.8) is 0 Å². The van der Waals surface area contributed by atoms with E-state index in [0.717, 1.165) is 16.7 Å². The molecule has 0 fully saturated rings. The third-order valence-corrected chi connectivity index (χ3v) is 3.01. The van der Waals surface area contributed by atoms with Gasteiger partial charge in [0.2, 0.25) is 0 Å². The van der Waals surface area contributed by atoms with Gasteiger partial charge >= 0.3 is 6.36 Å². The summed E-state index contributed by atoms with van der Waals surface area (Å²) in [6.45, 7) is 2.59. The van der Waals surface area contributed by atoms with Gasteiger partial charge in [0.15, 0.2) is 0 Å². The summed E-state index contributed by atoms with van der Waals surface area (Å²) >= 11 is 0. The number of rotatable bonds is 4. The van der Waals surface area contributed by atoms with Gasteiger partial charge in [-0.2, -0.15) is 0 Å². The van der Waals surface area contributed by atoms with Crippen LogP contribution in [0.4, 0.5) is 13.2 Å². The molecule has 1 N–H and O–H groups in total. The van der Waals surface area contributed by atoms with Crippen molar-refractivity contribution in [2.75, 3.05) is 7.05 Å². The second-order valence-corrected chi connectivity index (χ2v) is 4.77. The molecule has 5 heteroatoms. The van der Waals surface area contributed by atoms with Crippen molar-refractivity contribution >= 4 is 0 Å². The summed E-state index contributed by atoms with van der Waals surface area (Å²) in [5.41, 5.74) is 3.67. The molecule has 0 spiro atoms. The molecule has 0 bridgehead atoms. The summed E-state index contributed by atoms with van der Waals surface area (Å²) in [4.78, 5) is 0. The smallest absolute Gasteiger partial charge is 0.406 e. The van der Waals surface area contributed by atoms with Crippen LogP contribution >= 0.6 is 0 Å². The maximum Gasteiger partial charge on any atom is 0.573 e. The Labute approximate surface area is 121 Å². The highest BCUT2D eigenvalue weighted by atomic mass is 19.4. The lowest BCUT2D eigenvalue weighted by Gasteiger charge is -2.13. The van der Waals surface area contributed by atoms with Crippen molar-refractivity contribution in [1.29, 1.82) is 0 Å². The second kappa shape index (κ2) is 6.18. The average Bonchev–Trinajstić information content (AvgIpc) is 2.39. The lowest BCUT2D eigenvalue weighted by atomic mass is 9.97. The number of aryl methyl sites for hydroxylation is 1. The summed E-state index contributed by atoms with van der Waals surface area (Å²) in [5.74, 6) is -0.211. The minimum Gasteiger partial charge on any atom is -0.406 e. The van der Waals surface area contributed by atoms with Crippen LogP contribution in [0.15, 0.2) is 42.5 Å². The van der Waals surface area contributed by atoms with Crippen LogP contribution in [-0.4, -0.2) is 13.4 Å². The van der Waals surface area contributed by atoms with Crippen LogP contribution in [0.5, 0.6) is 5.75 Å². The van der Waals surface area contributed by atoms with Gasteiger partial charge in [0.25, 0.3) is 0 Å². The highest BCUT2D eigenvalue weighted by Crippen LogP contribution is 2.30. The molecule has 21 heavy (non-hydrogen) atoms. The van der Waals surface area contributed by atoms with Gasteiger partial charge in [-0.05, 0) is 42.8 Å². The van der Waals surface area contributed by atoms with E-state index in [1.165, 1.54) is 12.1 Å². The first-order valence-electron chi connectivity index (χ1n) is 6.49. The Balaban J connectivity index is 2.42. The minimum atomic E-state index is -4.68. The fraction of sp³-hybridized carbons (Fsp3) is 0.250. The molecule has 0 aliphatic rings. The molecule has 0 saturated carbocycles. The SMILES string of the molecule is CNCc1ccc(C)cc1-c1cccc(OC(F)(F)F)c1. The molecule has 2 nitrogen and oxygen atoms in total. The maximum absolute atomic E-state index is 12.3. The fourth-order valence-corrected chi connectivity index (χ4v) is 2.16. The first-order chi connectivity index (χ1) is 9.89. The molecule has 2 aromatic rings. The molecule has 0 saturated heterocycles. The van der Waals surface area contributed by atoms with Crippen LogP contribution in [-0.2, 0) is 6.54 Å². The summed E-state index contributed by atoms with van der Waals surface area (Å²) in [7, 11) is 1.83. The topological polar surface area (TPSA) is 21.3 Å². The van der Waals surface area contributed by atoms with Crippen LogP contribution in [0.1, 0.15) is 11.1 Å². The van der Waals surface area contributed by atoms with Crippen LogP contribution in [0, 0.1) is 6.92 Å². The van der Waals surface area contributed by atoms with E-state index < -0.39 is 6.36 Å². The largest absolute Gasteiger partial charge is 0.573 e. The molecular formula is C16H16F3NO. The van der Waals surface area contributed by atoms with Crippen LogP contribution in [0.2, 0.25) is 0 Å². The molecule has 112 valence electrons. The van der Waals surface area contributed by atoms with Crippen molar-refractivity contribution in [2.24, 2.45) is 0 Å². The maximum atomic E-state index is 12.3. The number of halogens is 3. The van der Waals surface area contributed by atoms with E-state index in [2.05, 4.69) is 10.1 Å². The molecule has 0 atom stereocenters. The van der Waals surface area contributed by atoms with E-state index in [1.54, 1.807) is 12.1 Å². The first-order valence-corrected chi connectivity index (χ1v) is 6.49. The van der Waals surface area contributed by atoms with Gasteiger partial charge in [-0.3, -0.25) is 0 Å². The highest BCUT2D eigenvalue weighted by Gasteiger charge is 2.31. The molecule has 0 radical (unpaired) electrons. The van der Waals surface area contributed by atoms with E-state index in [0.29, 0.717) is 12.1 Å². The number of benzene rings is 2. The summed E-state index contributed by atoms with van der Waals surface area (Å²) in [5, 5.41) is 3.06. The average molecular weight is 295 g/mol. The van der Waals surface area contributed by atoms with Crippen molar-refractivity contribution in [3.8, 4) is 16.9 Å². The minimum absolute atomic E-state index is 0.211. The monoisotopic (exact) mass is 295 g/mol. The van der Waals surface area contributed by atoms with E-state index >= 15 is 0 Å². The Morgan fingerprint density at radius 2 is 1.86 bits per heavy atom. The number of hydrogen-bond acceptors (Lipinski definition) is 2. The molecule has 0 unspecified atom stereocenters. The summed E-state index contributed by atoms with van der Waals surface area (Å²) < 4.78 is 40.9. The predicted molar refractivity (Wildman–Crippen MR) is 76.1 cm³/mol. The first kappa shape index (κ1) is 15.4. The lowest BCUT2D eigenvalue weighted by molar-refractivity contribution is -0.274. The van der Waals surface area contributed by atoms with Crippen molar-refractivity contribution in [3.05, 3.63) is 53.6 Å². The van der Waals surface area contributed by atoms with Crippen molar-refractivity contribution < 1.29 is 17.9 Å². The predicted octanol–water partition coefficient (Wildman–Crippen LogP) is 4.28. The number of alkyl halides is 3. The Bertz CT molecular complexity index is 623. The summed E-state index contributed by atoms with van der Waals surface area (Å²) in [6.07, 6.45) is -4.68. The third kappa shape index (κ3) is 4.23. The van der Waals surface area contributed by atoms with E-state index in [1.807, 2.05) is 32.2 Å². The lowest BCUT2D eigenvalue weighted by Crippen LogP contribution is -2.17. The van der Waals surface area contributed by atoms with Crippen LogP contribution in [0.25, 0.3) is 11.1 Å². The summed E-state index contributed by atoms with van der Waals surface area (Å²) in [6, 6.07) is 11.9. The number of hydrogen-bond donors (Lipinski definition) is 1. The Kier molecular flexibility index (Phi) is 4.53. The van der Waals surface area contributed by atoms with Crippen molar-refractivity contribution in [1.82, 2.24) is 5.32 Å². The second-order valence-electron chi connectivity index (χ2n) is 4.77. The number of ether oxygens (including phenoxy) is 1. The zero-order valence-electron chi connectivity index (χ0n) is 11.8. The van der Waals surface area contributed by atoms with Gasteiger partial charge in [-0.15, -0.1) is 13.2 Å². The van der Waals surface area contributed by atoms with E-state index in [-0.39, 0.29) is 5.75 Å². The van der Waals surface area contributed by atoms with Gasteiger partial charge in [-0.1, -0.05) is 35.9 Å². The zero-order chi connectivity index (χ0) is 15.5. The highest BCUT2D eigenvalue weighted by molar-refractivity contribution is 5.69. The van der Waals surface area contributed by atoms with Gasteiger partial charge < -0.3 is 10.1 Å². The molecule has 2 aromatic carbocycles.